The van der Waals surface area contributed by atoms with Crippen LogP contribution in [0.2, 0.25) is 0 Å². The number of aryl methyl sites for hydroxylation is 1. The monoisotopic (exact) mass is 204 g/mol. The zero-order valence-corrected chi connectivity index (χ0v) is 7.95. The molecule has 0 unspecified atom stereocenters. The third-order valence-electron chi connectivity index (χ3n) is 1.83. The first-order chi connectivity index (χ1) is 7.16. The highest BCUT2D eigenvalue weighted by Gasteiger charge is 2.08. The maximum absolute atomic E-state index is 10.6. The molecule has 0 aliphatic carbocycles. The Kier molecular flexibility index (Phi) is 2.17. The Balaban J connectivity index is 2.37. The predicted molar refractivity (Wildman–Crippen MR) is 50.9 cm³/mol. The van der Waals surface area contributed by atoms with Gasteiger partial charge in [-0.15, -0.1) is 5.10 Å². The molecule has 6 heteroatoms. The van der Waals surface area contributed by atoms with Crippen LogP contribution in [0, 0.1) is 6.92 Å². The second kappa shape index (κ2) is 3.49. The molecule has 0 spiro atoms. The van der Waals surface area contributed by atoms with Gasteiger partial charge >= 0.3 is 5.97 Å². The van der Waals surface area contributed by atoms with Crippen LogP contribution in [-0.2, 0) is 0 Å². The van der Waals surface area contributed by atoms with E-state index in [4.69, 9.17) is 5.11 Å². The molecule has 0 aliphatic heterocycles. The standard InChI is InChI=1S/C9H8N4O2/c1-6-2-3-8(11-10-6)13-5-4-7(12-13)9(14)15/h2-5H,1H3,(H,14,15). The van der Waals surface area contributed by atoms with Gasteiger partial charge in [-0.25, -0.2) is 9.48 Å². The van der Waals surface area contributed by atoms with Crippen molar-refractivity contribution in [3.8, 4) is 5.82 Å². The summed E-state index contributed by atoms with van der Waals surface area (Å²) in [6.45, 7) is 1.82. The zero-order valence-electron chi connectivity index (χ0n) is 7.95. The number of rotatable bonds is 2. The van der Waals surface area contributed by atoms with Gasteiger partial charge in [0.15, 0.2) is 11.5 Å². The zero-order chi connectivity index (χ0) is 10.8. The number of aromatic carboxylic acids is 1. The SMILES string of the molecule is Cc1ccc(-n2ccc(C(=O)O)n2)nn1. The fourth-order valence-corrected chi connectivity index (χ4v) is 1.08. The number of carboxylic acids is 1. The van der Waals surface area contributed by atoms with Gasteiger partial charge in [-0.2, -0.15) is 10.2 Å². The van der Waals surface area contributed by atoms with E-state index in [1.54, 1.807) is 12.1 Å². The van der Waals surface area contributed by atoms with Crippen LogP contribution in [0.15, 0.2) is 24.4 Å². The molecule has 0 atom stereocenters. The highest BCUT2D eigenvalue weighted by Crippen LogP contribution is 2.03. The van der Waals surface area contributed by atoms with Gasteiger partial charge in [-0.1, -0.05) is 0 Å². The molecule has 0 bridgehead atoms. The Morgan fingerprint density at radius 3 is 2.67 bits per heavy atom. The van der Waals surface area contributed by atoms with Gasteiger partial charge in [0, 0.05) is 6.20 Å². The Morgan fingerprint density at radius 2 is 2.13 bits per heavy atom. The first-order valence-electron chi connectivity index (χ1n) is 4.26. The van der Waals surface area contributed by atoms with Gasteiger partial charge in [0.1, 0.15) is 0 Å². The van der Waals surface area contributed by atoms with Gasteiger partial charge in [0.25, 0.3) is 0 Å². The third-order valence-corrected chi connectivity index (χ3v) is 1.83. The molecule has 1 N–H and O–H groups in total. The highest BCUT2D eigenvalue weighted by atomic mass is 16.4. The Morgan fingerprint density at radius 1 is 1.33 bits per heavy atom. The lowest BCUT2D eigenvalue weighted by molar-refractivity contribution is 0.0690. The maximum atomic E-state index is 10.6. The molecular weight excluding hydrogens is 196 g/mol. The summed E-state index contributed by atoms with van der Waals surface area (Å²) in [5, 5.41) is 20.2. The maximum Gasteiger partial charge on any atom is 0.356 e. The van der Waals surface area contributed by atoms with Crippen LogP contribution in [-0.4, -0.2) is 31.1 Å². The Labute approximate surface area is 85.2 Å². The largest absolute Gasteiger partial charge is 0.476 e. The molecule has 0 fully saturated rings. The summed E-state index contributed by atoms with van der Waals surface area (Å²) >= 11 is 0. The van der Waals surface area contributed by atoms with Crippen molar-refractivity contribution in [2.75, 3.05) is 0 Å². The minimum absolute atomic E-state index is 0.0163. The minimum atomic E-state index is -1.06. The normalized spacial score (nSPS) is 10.2. The second-order valence-electron chi connectivity index (χ2n) is 2.98. The lowest BCUT2D eigenvalue weighted by atomic mass is 10.4. The van der Waals surface area contributed by atoms with E-state index in [2.05, 4.69) is 15.3 Å². The van der Waals surface area contributed by atoms with Crippen molar-refractivity contribution in [2.24, 2.45) is 0 Å². The van der Waals surface area contributed by atoms with Crippen LogP contribution in [0.3, 0.4) is 0 Å². The van der Waals surface area contributed by atoms with Crippen molar-refractivity contribution in [1.82, 2.24) is 20.0 Å². The topological polar surface area (TPSA) is 80.9 Å². The van der Waals surface area contributed by atoms with Gasteiger partial charge < -0.3 is 5.11 Å². The molecule has 6 nitrogen and oxygen atoms in total. The van der Waals surface area contributed by atoms with Crippen LogP contribution in [0.4, 0.5) is 0 Å². The molecule has 2 heterocycles. The van der Waals surface area contributed by atoms with Crippen molar-refractivity contribution in [2.45, 2.75) is 6.92 Å². The Hall–Kier alpha value is -2.24. The smallest absolute Gasteiger partial charge is 0.356 e. The van der Waals surface area contributed by atoms with E-state index < -0.39 is 5.97 Å². The number of aromatic nitrogens is 4. The summed E-state index contributed by atoms with van der Waals surface area (Å²) in [6.07, 6.45) is 1.53. The average molecular weight is 204 g/mol. The van der Waals surface area contributed by atoms with Crippen LogP contribution in [0.1, 0.15) is 16.2 Å². The summed E-state index contributed by atoms with van der Waals surface area (Å²) in [5.41, 5.74) is 0.779. The van der Waals surface area contributed by atoms with Crippen LogP contribution in [0.5, 0.6) is 0 Å². The summed E-state index contributed by atoms with van der Waals surface area (Å²) in [5.74, 6) is -0.568. The van der Waals surface area contributed by atoms with E-state index in [9.17, 15) is 4.79 Å². The Bertz CT molecular complexity index is 489. The van der Waals surface area contributed by atoms with Crippen molar-refractivity contribution < 1.29 is 9.90 Å². The van der Waals surface area contributed by atoms with E-state index >= 15 is 0 Å². The molecule has 0 aromatic carbocycles. The van der Waals surface area contributed by atoms with Crippen molar-refractivity contribution >= 4 is 5.97 Å². The summed E-state index contributed by atoms with van der Waals surface area (Å²) in [7, 11) is 0. The minimum Gasteiger partial charge on any atom is -0.476 e. The van der Waals surface area contributed by atoms with Crippen LogP contribution in [0.25, 0.3) is 5.82 Å². The average Bonchev–Trinajstić information content (AvgIpc) is 2.68. The van der Waals surface area contributed by atoms with Gasteiger partial charge in [0.2, 0.25) is 0 Å². The van der Waals surface area contributed by atoms with Crippen LogP contribution >= 0.6 is 0 Å². The second-order valence-corrected chi connectivity index (χ2v) is 2.98. The molecule has 0 amide bonds. The molecule has 2 aromatic rings. The van der Waals surface area contributed by atoms with Gasteiger partial charge in [-0.3, -0.25) is 0 Å². The molecule has 2 aromatic heterocycles. The third kappa shape index (κ3) is 1.83. The lowest BCUT2D eigenvalue weighted by Crippen LogP contribution is -2.03. The van der Waals surface area contributed by atoms with E-state index in [1.807, 2.05) is 6.92 Å². The summed E-state index contributed by atoms with van der Waals surface area (Å²) in [6, 6.07) is 4.91. The quantitative estimate of drug-likeness (QED) is 0.777. The van der Waals surface area contributed by atoms with E-state index in [0.717, 1.165) is 5.69 Å². The first kappa shape index (κ1) is 9.32. The lowest BCUT2D eigenvalue weighted by Gasteiger charge is -1.98. The molecule has 0 aliphatic rings. The predicted octanol–water partition coefficient (Wildman–Crippen LogP) is 0.669. The fraction of sp³-hybridized carbons (Fsp3) is 0.111. The molecule has 0 saturated heterocycles. The molecule has 0 saturated carbocycles. The van der Waals surface area contributed by atoms with Crippen LogP contribution < -0.4 is 0 Å². The first-order valence-corrected chi connectivity index (χ1v) is 4.26. The molecule has 2 rings (SSSR count). The number of nitrogens with zero attached hydrogens (tertiary/aromatic N) is 4. The van der Waals surface area contributed by atoms with E-state index in [-0.39, 0.29) is 5.69 Å². The van der Waals surface area contributed by atoms with Crippen molar-refractivity contribution in [3.05, 3.63) is 35.8 Å². The number of hydrogen-bond donors (Lipinski definition) is 1. The molecule has 76 valence electrons. The molecule has 15 heavy (non-hydrogen) atoms. The van der Waals surface area contributed by atoms with E-state index in [1.165, 1.54) is 16.9 Å². The summed E-state index contributed by atoms with van der Waals surface area (Å²) < 4.78 is 1.37. The molecular formula is C9H8N4O2. The highest BCUT2D eigenvalue weighted by molar-refractivity contribution is 5.85. The van der Waals surface area contributed by atoms with E-state index in [0.29, 0.717) is 5.82 Å². The summed E-state index contributed by atoms with van der Waals surface area (Å²) in [4.78, 5) is 10.6. The fourth-order valence-electron chi connectivity index (χ4n) is 1.08. The van der Waals surface area contributed by atoms with Gasteiger partial charge in [0.05, 0.1) is 5.69 Å². The van der Waals surface area contributed by atoms with Crippen molar-refractivity contribution in [1.29, 1.82) is 0 Å². The van der Waals surface area contributed by atoms with Gasteiger partial charge in [-0.05, 0) is 25.1 Å². The molecule has 0 radical (unpaired) electrons. The number of carboxylic acid groups (broad SMARTS) is 1. The number of carbonyl (C=O) groups is 1. The van der Waals surface area contributed by atoms with Crippen molar-refractivity contribution in [3.63, 3.8) is 0 Å². The number of hydrogen-bond acceptors (Lipinski definition) is 4.